The first-order valence-corrected chi connectivity index (χ1v) is 10.0. The number of anilines is 2. The molecule has 1 saturated heterocycles. The van der Waals surface area contributed by atoms with Crippen LogP contribution in [0.1, 0.15) is 28.9 Å². The normalized spacial score (nSPS) is 14.0. The van der Waals surface area contributed by atoms with Crippen LogP contribution in [0.2, 0.25) is 0 Å². The first-order valence-electron chi connectivity index (χ1n) is 10.0. The predicted molar refractivity (Wildman–Crippen MR) is 113 cm³/mol. The van der Waals surface area contributed by atoms with E-state index < -0.39 is 17.5 Å². The van der Waals surface area contributed by atoms with Gasteiger partial charge in [0.1, 0.15) is 11.9 Å². The molecule has 0 bridgehead atoms. The van der Waals surface area contributed by atoms with Gasteiger partial charge >= 0.3 is 0 Å². The molecular weight excluding hydrogens is 416 g/mol. The largest absolute Gasteiger partial charge is 0.487 e. The minimum absolute atomic E-state index is 0.0279. The minimum Gasteiger partial charge on any atom is -0.487 e. The minimum atomic E-state index is -0.728. The first-order chi connectivity index (χ1) is 15.5. The molecule has 32 heavy (non-hydrogen) atoms. The van der Waals surface area contributed by atoms with Gasteiger partial charge in [0, 0.05) is 38.2 Å². The molecule has 1 aliphatic heterocycles. The molecule has 1 aromatic heterocycles. The fourth-order valence-corrected chi connectivity index (χ4v) is 3.56. The highest BCUT2D eigenvalue weighted by Gasteiger charge is 2.24. The number of piperidine rings is 1. The molecule has 0 radical (unpaired) electrons. The molecule has 0 spiro atoms. The zero-order chi connectivity index (χ0) is 22.5. The molecular formula is C23H19F2N5O2. The van der Waals surface area contributed by atoms with Gasteiger partial charge in [-0.25, -0.2) is 8.78 Å². The molecule has 4 rings (SSSR count). The summed E-state index contributed by atoms with van der Waals surface area (Å²) >= 11 is 0. The third-order valence-corrected chi connectivity index (χ3v) is 5.15. The van der Waals surface area contributed by atoms with Crippen molar-refractivity contribution in [1.82, 2.24) is 10.2 Å². The Morgan fingerprint density at radius 3 is 2.66 bits per heavy atom. The van der Waals surface area contributed by atoms with E-state index in [0.29, 0.717) is 37.2 Å². The van der Waals surface area contributed by atoms with E-state index in [4.69, 9.17) is 4.74 Å². The van der Waals surface area contributed by atoms with Crippen molar-refractivity contribution in [2.24, 2.45) is 0 Å². The fourth-order valence-electron chi connectivity index (χ4n) is 3.56. The highest BCUT2D eigenvalue weighted by Crippen LogP contribution is 2.31. The number of hydrogen-bond acceptors (Lipinski definition) is 6. The van der Waals surface area contributed by atoms with Crippen LogP contribution in [-0.4, -0.2) is 35.3 Å². The molecule has 1 amide bonds. The Kier molecular flexibility index (Phi) is 6.22. The highest BCUT2D eigenvalue weighted by molar-refractivity contribution is 6.04. The number of carbonyl (C=O) groups is 1. The molecule has 1 fully saturated rings. The van der Waals surface area contributed by atoms with Crippen molar-refractivity contribution in [2.75, 3.05) is 23.3 Å². The second-order valence-electron chi connectivity index (χ2n) is 7.29. The molecule has 1 aliphatic rings. The number of carbonyl (C=O) groups excluding carboxylic acids is 1. The molecule has 162 valence electrons. The highest BCUT2D eigenvalue weighted by atomic mass is 19.1. The number of aromatic nitrogens is 2. The van der Waals surface area contributed by atoms with Gasteiger partial charge in [-0.1, -0.05) is 0 Å². The van der Waals surface area contributed by atoms with Crippen molar-refractivity contribution < 1.29 is 18.3 Å². The van der Waals surface area contributed by atoms with Crippen molar-refractivity contribution in [3.8, 4) is 11.8 Å². The van der Waals surface area contributed by atoms with Crippen molar-refractivity contribution >= 4 is 17.3 Å². The van der Waals surface area contributed by atoms with E-state index in [1.54, 1.807) is 30.3 Å². The fraction of sp³-hybridized carbons (Fsp3) is 0.217. The zero-order valence-electron chi connectivity index (χ0n) is 17.0. The zero-order valence-corrected chi connectivity index (χ0v) is 17.0. The van der Waals surface area contributed by atoms with Crippen LogP contribution in [0.5, 0.6) is 5.75 Å². The lowest BCUT2D eigenvalue weighted by Crippen LogP contribution is -2.38. The lowest BCUT2D eigenvalue weighted by Gasteiger charge is -2.34. The van der Waals surface area contributed by atoms with E-state index in [9.17, 15) is 18.8 Å². The third-order valence-electron chi connectivity index (χ3n) is 5.15. The molecule has 0 saturated carbocycles. The van der Waals surface area contributed by atoms with Crippen LogP contribution in [0.25, 0.3) is 0 Å². The number of benzene rings is 2. The molecule has 1 N–H and O–H groups in total. The Bertz CT molecular complexity index is 1160. The Hall–Kier alpha value is -4.06. The first kappa shape index (κ1) is 21.2. The van der Waals surface area contributed by atoms with E-state index >= 15 is 0 Å². The van der Waals surface area contributed by atoms with Crippen molar-refractivity contribution in [1.29, 1.82) is 5.26 Å². The van der Waals surface area contributed by atoms with E-state index in [-0.39, 0.29) is 17.5 Å². The summed E-state index contributed by atoms with van der Waals surface area (Å²) in [6, 6.07) is 13.6. The molecule has 2 aromatic carbocycles. The maximum absolute atomic E-state index is 13.9. The maximum Gasteiger partial charge on any atom is 0.276 e. The Balaban J connectivity index is 1.47. The van der Waals surface area contributed by atoms with Gasteiger partial charge in [-0.2, -0.15) is 10.4 Å². The van der Waals surface area contributed by atoms with Gasteiger partial charge in [0.15, 0.2) is 17.3 Å². The van der Waals surface area contributed by atoms with Gasteiger partial charge in [0.25, 0.3) is 5.91 Å². The van der Waals surface area contributed by atoms with E-state index in [0.717, 1.165) is 17.8 Å². The summed E-state index contributed by atoms with van der Waals surface area (Å²) in [5.41, 5.74) is 1.82. The number of amides is 1. The second-order valence-corrected chi connectivity index (χ2v) is 7.29. The van der Waals surface area contributed by atoms with Crippen molar-refractivity contribution in [2.45, 2.75) is 18.9 Å². The number of nitrogens with one attached hydrogen (secondary N) is 1. The monoisotopic (exact) mass is 435 g/mol. The predicted octanol–water partition coefficient (Wildman–Crippen LogP) is 3.93. The molecule has 7 nitrogen and oxygen atoms in total. The Morgan fingerprint density at radius 1 is 1.16 bits per heavy atom. The van der Waals surface area contributed by atoms with Crippen LogP contribution < -0.4 is 15.0 Å². The van der Waals surface area contributed by atoms with Crippen LogP contribution in [0.15, 0.2) is 54.7 Å². The third kappa shape index (κ3) is 4.81. The average Bonchev–Trinajstić information content (AvgIpc) is 2.82. The van der Waals surface area contributed by atoms with E-state index in [2.05, 4.69) is 26.5 Å². The van der Waals surface area contributed by atoms with Gasteiger partial charge < -0.3 is 15.0 Å². The van der Waals surface area contributed by atoms with E-state index in [1.165, 1.54) is 12.3 Å². The number of ether oxygens (including phenoxy) is 1. The van der Waals surface area contributed by atoms with Crippen molar-refractivity contribution in [3.05, 3.63) is 77.6 Å². The smallest absolute Gasteiger partial charge is 0.276 e. The number of hydrogen-bond donors (Lipinski definition) is 1. The van der Waals surface area contributed by atoms with Gasteiger partial charge in [-0.3, -0.25) is 4.79 Å². The summed E-state index contributed by atoms with van der Waals surface area (Å²) in [5.74, 6) is -1.78. The average molecular weight is 435 g/mol. The summed E-state index contributed by atoms with van der Waals surface area (Å²) in [5, 5.41) is 19.6. The van der Waals surface area contributed by atoms with Crippen molar-refractivity contribution in [3.63, 3.8) is 0 Å². The second kappa shape index (κ2) is 9.39. The lowest BCUT2D eigenvalue weighted by atomic mass is 10.1. The maximum atomic E-state index is 13.9. The van der Waals surface area contributed by atoms with Crippen LogP contribution in [0, 0.1) is 23.0 Å². The number of nitrogens with zero attached hydrogens (tertiary/aromatic N) is 4. The summed E-state index contributed by atoms with van der Waals surface area (Å²) in [6.07, 6.45) is 2.47. The molecule has 0 atom stereocenters. The van der Waals surface area contributed by atoms with Gasteiger partial charge in [-0.05, 0) is 42.5 Å². The summed E-state index contributed by atoms with van der Waals surface area (Å²) in [7, 11) is 0. The quantitative estimate of drug-likeness (QED) is 0.653. The molecule has 0 unspecified atom stereocenters. The van der Waals surface area contributed by atoms with Crippen LogP contribution in [0.4, 0.5) is 20.2 Å². The number of nitriles is 1. The molecule has 0 aliphatic carbocycles. The number of rotatable bonds is 5. The van der Waals surface area contributed by atoms with Gasteiger partial charge in [0.2, 0.25) is 0 Å². The molecule has 3 aromatic rings. The SMILES string of the molecule is N#Cc1ccc(N2CCC(Oc3ccc(F)cc3F)CC2)c(NC(=O)c2cccnn2)c1. The van der Waals surface area contributed by atoms with Gasteiger partial charge in [-0.15, -0.1) is 5.10 Å². The topological polar surface area (TPSA) is 91.1 Å². The Morgan fingerprint density at radius 2 is 1.97 bits per heavy atom. The van der Waals surface area contributed by atoms with Crippen LogP contribution in [-0.2, 0) is 0 Å². The molecule has 9 heteroatoms. The van der Waals surface area contributed by atoms with Gasteiger partial charge in [0.05, 0.1) is 23.0 Å². The van der Waals surface area contributed by atoms with Crippen LogP contribution >= 0.6 is 0 Å². The lowest BCUT2D eigenvalue weighted by molar-refractivity contribution is 0.102. The summed E-state index contributed by atoms with van der Waals surface area (Å²) < 4.78 is 32.7. The Labute approximate surface area is 183 Å². The molecule has 2 heterocycles. The summed E-state index contributed by atoms with van der Waals surface area (Å²) in [6.45, 7) is 1.18. The van der Waals surface area contributed by atoms with E-state index in [1.807, 2.05) is 0 Å². The summed E-state index contributed by atoms with van der Waals surface area (Å²) in [4.78, 5) is 14.6. The number of halogens is 2. The standard InChI is InChI=1S/C23H19F2N5O2/c24-16-4-6-22(18(25)13-16)32-17-7-10-30(11-8-17)21-5-3-15(14-26)12-20(21)28-23(31)19-2-1-9-27-29-19/h1-6,9,12-13,17H,7-8,10-11H2,(H,28,31). The van der Waals surface area contributed by atoms with Crippen LogP contribution in [0.3, 0.4) is 0 Å².